The summed E-state index contributed by atoms with van der Waals surface area (Å²) in [5, 5.41) is 12.0. The second kappa shape index (κ2) is 7.45. The van der Waals surface area contributed by atoms with E-state index in [0.29, 0.717) is 5.75 Å². The van der Waals surface area contributed by atoms with Crippen LogP contribution in [0, 0.1) is 0 Å². The van der Waals surface area contributed by atoms with Gasteiger partial charge in [0.05, 0.1) is 0 Å². The van der Waals surface area contributed by atoms with E-state index in [4.69, 9.17) is 9.84 Å². The molecule has 1 atom stereocenters. The smallest absolute Gasteiger partial charge is 0.341 e. The summed E-state index contributed by atoms with van der Waals surface area (Å²) >= 11 is 0. The molecule has 4 heteroatoms. The van der Waals surface area contributed by atoms with E-state index in [0.717, 1.165) is 12.1 Å². The summed E-state index contributed by atoms with van der Waals surface area (Å²) in [4.78, 5) is 10.4. The molecule has 0 fully saturated rings. The zero-order valence-corrected chi connectivity index (χ0v) is 12.0. The molecule has 0 aromatic heterocycles. The van der Waals surface area contributed by atoms with Gasteiger partial charge in [0.25, 0.3) is 0 Å². The molecule has 2 N–H and O–H groups in total. The number of carboxylic acids is 1. The van der Waals surface area contributed by atoms with Crippen molar-refractivity contribution >= 4 is 5.97 Å². The van der Waals surface area contributed by atoms with E-state index >= 15 is 0 Å². The Morgan fingerprint density at radius 2 is 1.81 bits per heavy atom. The van der Waals surface area contributed by atoms with Crippen LogP contribution in [0.1, 0.15) is 24.1 Å². The fourth-order valence-corrected chi connectivity index (χ4v) is 1.98. The fraction of sp³-hybridized carbons (Fsp3) is 0.235. The number of hydrogen-bond donors (Lipinski definition) is 2. The average molecular weight is 285 g/mol. The molecule has 0 bridgehead atoms. The van der Waals surface area contributed by atoms with E-state index in [1.54, 1.807) is 12.1 Å². The largest absolute Gasteiger partial charge is 0.482 e. The summed E-state index contributed by atoms with van der Waals surface area (Å²) in [5.41, 5.74) is 2.37. The van der Waals surface area contributed by atoms with Gasteiger partial charge in [-0.1, -0.05) is 42.5 Å². The molecule has 0 aliphatic rings. The van der Waals surface area contributed by atoms with Crippen molar-refractivity contribution in [2.24, 2.45) is 0 Å². The van der Waals surface area contributed by atoms with Crippen LogP contribution in [0.3, 0.4) is 0 Å². The second-order valence-electron chi connectivity index (χ2n) is 4.84. The van der Waals surface area contributed by atoms with Crippen molar-refractivity contribution in [1.29, 1.82) is 0 Å². The van der Waals surface area contributed by atoms with Crippen LogP contribution >= 0.6 is 0 Å². The van der Waals surface area contributed by atoms with Crippen molar-refractivity contribution < 1.29 is 14.6 Å². The van der Waals surface area contributed by atoms with E-state index in [1.807, 2.05) is 30.3 Å². The summed E-state index contributed by atoms with van der Waals surface area (Å²) in [7, 11) is 0. The molecule has 0 saturated carbocycles. The monoisotopic (exact) mass is 285 g/mol. The first kappa shape index (κ1) is 15.1. The Kier molecular flexibility index (Phi) is 5.35. The lowest BCUT2D eigenvalue weighted by atomic mass is 10.1. The van der Waals surface area contributed by atoms with Gasteiger partial charge in [0.1, 0.15) is 5.75 Å². The number of rotatable bonds is 7. The number of ether oxygens (including phenoxy) is 1. The van der Waals surface area contributed by atoms with Gasteiger partial charge in [-0.25, -0.2) is 4.79 Å². The minimum absolute atomic E-state index is 0.272. The highest BCUT2D eigenvalue weighted by molar-refractivity contribution is 5.68. The van der Waals surface area contributed by atoms with Gasteiger partial charge in [0, 0.05) is 12.6 Å². The highest BCUT2D eigenvalue weighted by Gasteiger charge is 2.04. The summed E-state index contributed by atoms with van der Waals surface area (Å²) in [6.07, 6.45) is 0. The lowest BCUT2D eigenvalue weighted by molar-refractivity contribution is -0.139. The molecule has 0 aliphatic heterocycles. The molecular formula is C17H19NO3. The van der Waals surface area contributed by atoms with Crippen molar-refractivity contribution in [3.63, 3.8) is 0 Å². The van der Waals surface area contributed by atoms with E-state index < -0.39 is 5.97 Å². The lowest BCUT2D eigenvalue weighted by Crippen LogP contribution is -2.17. The summed E-state index contributed by atoms with van der Waals surface area (Å²) < 4.78 is 5.10. The van der Waals surface area contributed by atoms with Crippen LogP contribution in [-0.4, -0.2) is 17.7 Å². The standard InChI is InChI=1S/C17H19NO3/c1-13(15-5-3-2-4-6-15)18-11-14-7-9-16(10-8-14)21-12-17(19)20/h2-10,13,18H,11-12H2,1H3,(H,19,20). The number of aliphatic carboxylic acids is 1. The van der Waals surface area contributed by atoms with E-state index in [1.165, 1.54) is 5.56 Å². The number of hydrogen-bond acceptors (Lipinski definition) is 3. The Morgan fingerprint density at radius 1 is 1.14 bits per heavy atom. The minimum atomic E-state index is -0.975. The van der Waals surface area contributed by atoms with Crippen LogP contribution in [0.15, 0.2) is 54.6 Å². The SMILES string of the molecule is CC(NCc1ccc(OCC(=O)O)cc1)c1ccccc1. The summed E-state index contributed by atoms with van der Waals surface area (Å²) in [6.45, 7) is 2.55. The van der Waals surface area contributed by atoms with Crippen LogP contribution in [0.4, 0.5) is 0 Å². The zero-order chi connectivity index (χ0) is 15.1. The quantitative estimate of drug-likeness (QED) is 0.821. The number of nitrogens with one attached hydrogen (secondary N) is 1. The topological polar surface area (TPSA) is 58.6 Å². The number of carboxylic acid groups (broad SMARTS) is 1. The van der Waals surface area contributed by atoms with E-state index in [2.05, 4.69) is 24.4 Å². The Morgan fingerprint density at radius 3 is 2.43 bits per heavy atom. The molecule has 0 spiro atoms. The van der Waals surface area contributed by atoms with Gasteiger partial charge < -0.3 is 15.2 Å². The molecule has 0 radical (unpaired) electrons. The molecule has 0 saturated heterocycles. The number of carbonyl (C=O) groups is 1. The molecule has 2 aromatic rings. The second-order valence-corrected chi connectivity index (χ2v) is 4.84. The summed E-state index contributed by atoms with van der Waals surface area (Å²) in [6, 6.07) is 18.0. The molecular weight excluding hydrogens is 266 g/mol. The maximum Gasteiger partial charge on any atom is 0.341 e. The molecule has 21 heavy (non-hydrogen) atoms. The predicted molar refractivity (Wildman–Crippen MR) is 81.3 cm³/mol. The molecule has 1 unspecified atom stereocenters. The first-order chi connectivity index (χ1) is 10.1. The van der Waals surface area contributed by atoms with Gasteiger partial charge >= 0.3 is 5.97 Å². The molecule has 2 aromatic carbocycles. The van der Waals surface area contributed by atoms with Crippen molar-refractivity contribution in [1.82, 2.24) is 5.32 Å². The van der Waals surface area contributed by atoms with Crippen LogP contribution in [-0.2, 0) is 11.3 Å². The van der Waals surface area contributed by atoms with E-state index in [-0.39, 0.29) is 12.6 Å². The first-order valence-electron chi connectivity index (χ1n) is 6.87. The van der Waals surface area contributed by atoms with Gasteiger partial charge in [-0.2, -0.15) is 0 Å². The zero-order valence-electron chi connectivity index (χ0n) is 12.0. The minimum Gasteiger partial charge on any atom is -0.482 e. The Bertz CT molecular complexity index is 566. The van der Waals surface area contributed by atoms with Crippen molar-refractivity contribution in [3.05, 3.63) is 65.7 Å². The number of benzene rings is 2. The van der Waals surface area contributed by atoms with Crippen LogP contribution in [0.5, 0.6) is 5.75 Å². The molecule has 0 aliphatic carbocycles. The Balaban J connectivity index is 1.85. The van der Waals surface area contributed by atoms with Crippen LogP contribution in [0.25, 0.3) is 0 Å². The summed E-state index contributed by atoms with van der Waals surface area (Å²) in [5.74, 6) is -0.408. The maximum atomic E-state index is 10.4. The normalized spacial score (nSPS) is 11.9. The van der Waals surface area contributed by atoms with Crippen molar-refractivity contribution in [2.75, 3.05) is 6.61 Å². The van der Waals surface area contributed by atoms with Crippen molar-refractivity contribution in [3.8, 4) is 5.75 Å². The molecule has 2 rings (SSSR count). The van der Waals surface area contributed by atoms with Gasteiger partial charge in [-0.3, -0.25) is 0 Å². The van der Waals surface area contributed by atoms with Gasteiger partial charge in [0.15, 0.2) is 6.61 Å². The predicted octanol–water partition coefficient (Wildman–Crippen LogP) is 3.00. The molecule has 110 valence electrons. The van der Waals surface area contributed by atoms with Gasteiger partial charge in [-0.15, -0.1) is 0 Å². The fourth-order valence-electron chi connectivity index (χ4n) is 1.98. The van der Waals surface area contributed by atoms with Crippen molar-refractivity contribution in [2.45, 2.75) is 19.5 Å². The van der Waals surface area contributed by atoms with Crippen LogP contribution in [0.2, 0.25) is 0 Å². The van der Waals surface area contributed by atoms with Gasteiger partial charge in [0.2, 0.25) is 0 Å². The third kappa shape index (κ3) is 4.93. The third-order valence-corrected chi connectivity index (χ3v) is 3.20. The van der Waals surface area contributed by atoms with Crippen LogP contribution < -0.4 is 10.1 Å². The third-order valence-electron chi connectivity index (χ3n) is 3.20. The maximum absolute atomic E-state index is 10.4. The Labute approximate surface area is 124 Å². The van der Waals surface area contributed by atoms with E-state index in [9.17, 15) is 4.79 Å². The molecule has 0 heterocycles. The Hall–Kier alpha value is -2.33. The first-order valence-corrected chi connectivity index (χ1v) is 6.87. The average Bonchev–Trinajstić information content (AvgIpc) is 2.52. The van der Waals surface area contributed by atoms with Gasteiger partial charge in [-0.05, 0) is 30.2 Å². The highest BCUT2D eigenvalue weighted by atomic mass is 16.5. The lowest BCUT2D eigenvalue weighted by Gasteiger charge is -2.14. The molecule has 0 amide bonds. The molecule has 4 nitrogen and oxygen atoms in total. The highest BCUT2D eigenvalue weighted by Crippen LogP contribution is 2.15.